The maximum absolute atomic E-state index is 14.7. The maximum atomic E-state index is 14.7. The van der Waals surface area contributed by atoms with Crippen LogP contribution in [0, 0.1) is 0 Å². The minimum atomic E-state index is -1.30. The Bertz CT molecular complexity index is 1870. The van der Waals surface area contributed by atoms with Crippen molar-refractivity contribution in [2.24, 2.45) is 0 Å². The molecule has 2 atom stereocenters. The van der Waals surface area contributed by atoms with Crippen molar-refractivity contribution in [1.82, 2.24) is 0 Å². The Hall–Kier alpha value is -5.13. The van der Waals surface area contributed by atoms with Gasteiger partial charge in [0.25, 0.3) is 11.8 Å². The van der Waals surface area contributed by atoms with E-state index in [9.17, 15) is 9.59 Å². The Balaban J connectivity index is 1.54. The summed E-state index contributed by atoms with van der Waals surface area (Å²) in [5, 5.41) is 0.595. The molecule has 0 unspecified atom stereocenters. The molecule has 2 amide bonds. The average molecular weight is 597 g/mol. The van der Waals surface area contributed by atoms with Crippen LogP contribution in [0.15, 0.2) is 145 Å². The van der Waals surface area contributed by atoms with E-state index < -0.39 is 11.8 Å². The van der Waals surface area contributed by atoms with Gasteiger partial charge in [0, 0.05) is 28.1 Å². The van der Waals surface area contributed by atoms with Crippen LogP contribution in [0.5, 0.6) is 0 Å². The molecule has 0 saturated heterocycles. The van der Waals surface area contributed by atoms with Gasteiger partial charge in [-0.3, -0.25) is 19.4 Å². The topological polar surface area (TPSA) is 49.9 Å². The number of amides is 2. The number of hydrogen-bond donors (Lipinski definition) is 0. The van der Waals surface area contributed by atoms with Crippen molar-refractivity contribution < 1.29 is 14.3 Å². The Morgan fingerprint density at radius 1 is 0.750 bits per heavy atom. The van der Waals surface area contributed by atoms with Crippen molar-refractivity contribution in [3.05, 3.63) is 172 Å². The van der Waals surface area contributed by atoms with Gasteiger partial charge in [-0.15, -0.1) is 0 Å². The van der Waals surface area contributed by atoms with Gasteiger partial charge in [-0.05, 0) is 48.9 Å². The number of hydrogen-bond acceptors (Lipinski definition) is 3. The van der Waals surface area contributed by atoms with E-state index in [0.29, 0.717) is 33.3 Å². The van der Waals surface area contributed by atoms with E-state index in [4.69, 9.17) is 16.3 Å². The van der Waals surface area contributed by atoms with Crippen LogP contribution in [-0.2, 0) is 15.3 Å². The van der Waals surface area contributed by atoms with Crippen molar-refractivity contribution >= 4 is 40.5 Å². The summed E-state index contributed by atoms with van der Waals surface area (Å²) in [6.45, 7) is 1.80. The largest absolute Gasteiger partial charge is 0.462 e. The molecule has 5 aromatic carbocycles. The summed E-state index contributed by atoms with van der Waals surface area (Å²) in [5.41, 5.74) is 3.43. The van der Waals surface area contributed by atoms with Crippen LogP contribution in [0.4, 0.5) is 11.4 Å². The summed E-state index contributed by atoms with van der Waals surface area (Å²) in [6.07, 6.45) is 0.251. The van der Waals surface area contributed by atoms with E-state index in [-0.39, 0.29) is 18.2 Å². The van der Waals surface area contributed by atoms with E-state index in [1.165, 1.54) is 0 Å². The zero-order chi connectivity index (χ0) is 30.3. The molecule has 6 heteroatoms. The summed E-state index contributed by atoms with van der Waals surface area (Å²) >= 11 is 6.35. The van der Waals surface area contributed by atoms with Gasteiger partial charge >= 0.3 is 0 Å². The zero-order valence-corrected chi connectivity index (χ0v) is 24.8. The first-order valence-corrected chi connectivity index (χ1v) is 14.9. The molecule has 0 spiro atoms. The van der Waals surface area contributed by atoms with Crippen molar-refractivity contribution in [3.8, 4) is 0 Å². The van der Waals surface area contributed by atoms with Gasteiger partial charge in [-0.2, -0.15) is 0 Å². The van der Waals surface area contributed by atoms with Crippen LogP contribution in [0.2, 0.25) is 5.02 Å². The van der Waals surface area contributed by atoms with E-state index >= 15 is 0 Å². The number of carbonyl (C=O) groups is 2. The van der Waals surface area contributed by atoms with Gasteiger partial charge in [0.1, 0.15) is 5.76 Å². The summed E-state index contributed by atoms with van der Waals surface area (Å²) < 4.78 is 7.20. The molecule has 44 heavy (non-hydrogen) atoms. The number of para-hydroxylation sites is 2. The Morgan fingerprint density at radius 3 is 1.98 bits per heavy atom. The quantitative estimate of drug-likeness (QED) is 0.208. The fraction of sp³-hybridized carbons (Fsp3) is 0.105. The van der Waals surface area contributed by atoms with E-state index in [2.05, 4.69) is 0 Å². The zero-order valence-electron chi connectivity index (χ0n) is 24.1. The van der Waals surface area contributed by atoms with Gasteiger partial charge in [-0.25, -0.2) is 0 Å². The Kier molecular flexibility index (Phi) is 7.03. The lowest BCUT2D eigenvalue weighted by Crippen LogP contribution is -2.55. The molecule has 5 nitrogen and oxygen atoms in total. The molecule has 2 aliphatic heterocycles. The molecule has 0 aromatic heterocycles. The fourth-order valence-electron chi connectivity index (χ4n) is 6.33. The van der Waals surface area contributed by atoms with Gasteiger partial charge in [-0.1, -0.05) is 115 Å². The fourth-order valence-corrected chi connectivity index (χ4v) is 6.45. The summed E-state index contributed by atoms with van der Waals surface area (Å²) in [5.74, 6) is 0.155. The minimum Gasteiger partial charge on any atom is -0.462 e. The second-order valence-electron chi connectivity index (χ2n) is 11.0. The van der Waals surface area contributed by atoms with Crippen molar-refractivity contribution in [3.63, 3.8) is 0 Å². The first-order chi connectivity index (χ1) is 21.5. The molecule has 0 N–H and O–H groups in total. The first-order valence-electron chi connectivity index (χ1n) is 14.6. The molecule has 216 valence electrons. The number of fused-ring (bicyclic) bond motifs is 3. The third-order valence-corrected chi connectivity index (χ3v) is 8.67. The lowest BCUT2D eigenvalue weighted by molar-refractivity contribution is -0.122. The molecule has 2 aliphatic rings. The molecular weight excluding hydrogens is 568 g/mol. The molecular formula is C38H29ClN2O3. The molecule has 7 rings (SSSR count). The van der Waals surface area contributed by atoms with Gasteiger partial charge in [0.15, 0.2) is 0 Å². The highest BCUT2D eigenvalue weighted by Gasteiger charge is 2.55. The molecule has 0 aliphatic carbocycles. The first kappa shape index (κ1) is 27.7. The van der Waals surface area contributed by atoms with Crippen molar-refractivity contribution in [2.75, 3.05) is 9.80 Å². The molecule has 0 fully saturated rings. The Labute approximate surface area is 261 Å². The van der Waals surface area contributed by atoms with Crippen LogP contribution >= 0.6 is 11.6 Å². The average Bonchev–Trinajstić information content (AvgIpc) is 3.21. The lowest BCUT2D eigenvalue weighted by atomic mass is 9.87. The van der Waals surface area contributed by atoms with Crippen LogP contribution in [0.3, 0.4) is 0 Å². The van der Waals surface area contributed by atoms with Crippen LogP contribution < -0.4 is 9.80 Å². The predicted molar refractivity (Wildman–Crippen MR) is 174 cm³/mol. The minimum absolute atomic E-state index is 0.179. The second kappa shape index (κ2) is 11.2. The SMILES string of the molecule is CC1=C(c2ccccc2)O[C@@]2(c3ccccc3)C[C@H](c3ccc(Cl)cc3)N(C(=O)c3ccccc3)c3ccccc3N2C1=O. The van der Waals surface area contributed by atoms with E-state index in [1.54, 1.807) is 11.8 Å². The van der Waals surface area contributed by atoms with Crippen molar-refractivity contribution in [2.45, 2.75) is 25.1 Å². The number of halogens is 1. The van der Waals surface area contributed by atoms with Crippen molar-refractivity contribution in [1.29, 1.82) is 0 Å². The van der Waals surface area contributed by atoms with Crippen LogP contribution in [0.1, 0.15) is 46.4 Å². The monoisotopic (exact) mass is 596 g/mol. The lowest BCUT2D eigenvalue weighted by Gasteiger charge is -2.47. The van der Waals surface area contributed by atoms with Gasteiger partial charge in [0.05, 0.1) is 23.0 Å². The summed E-state index contributed by atoms with van der Waals surface area (Å²) in [4.78, 5) is 32.9. The number of rotatable bonds is 4. The normalized spacial score (nSPS) is 19.5. The molecule has 0 bridgehead atoms. The third kappa shape index (κ3) is 4.57. The maximum Gasteiger partial charge on any atom is 0.261 e. The van der Waals surface area contributed by atoms with Crippen LogP contribution in [0.25, 0.3) is 5.76 Å². The highest BCUT2D eigenvalue weighted by atomic mass is 35.5. The molecule has 5 aromatic rings. The number of carbonyl (C=O) groups excluding carboxylic acids is 2. The molecule has 2 heterocycles. The standard InChI is InChI=1S/C38H29ClN2O3/c1-26-35(28-13-5-2-6-14-28)44-38(30-17-9-4-10-18-30)25-34(27-21-23-31(39)24-22-27)40(37(43)29-15-7-3-8-16-29)32-19-11-12-20-33(32)41(38)36(26)42/h2-24,34H,25H2,1H3/t34-,38-/m1/s1. The van der Waals surface area contributed by atoms with Gasteiger partial charge in [0.2, 0.25) is 5.72 Å². The van der Waals surface area contributed by atoms with E-state index in [0.717, 1.165) is 16.7 Å². The summed E-state index contributed by atoms with van der Waals surface area (Å²) in [6, 6.07) is 43.4. The number of nitrogens with zero attached hydrogens (tertiary/aromatic N) is 2. The third-order valence-electron chi connectivity index (χ3n) is 8.42. The smallest absolute Gasteiger partial charge is 0.261 e. The number of ether oxygens (including phenoxy) is 1. The Morgan fingerprint density at radius 2 is 1.32 bits per heavy atom. The van der Waals surface area contributed by atoms with Crippen LogP contribution in [-0.4, -0.2) is 11.8 Å². The van der Waals surface area contributed by atoms with E-state index in [1.807, 2.05) is 144 Å². The number of anilines is 2. The molecule has 0 saturated carbocycles. The predicted octanol–water partition coefficient (Wildman–Crippen LogP) is 8.78. The van der Waals surface area contributed by atoms with Gasteiger partial charge < -0.3 is 4.74 Å². The highest BCUT2D eigenvalue weighted by molar-refractivity contribution is 6.30. The highest BCUT2D eigenvalue weighted by Crippen LogP contribution is 2.55. The second-order valence-corrected chi connectivity index (χ2v) is 11.5. The molecule has 0 radical (unpaired) electrons. The number of benzene rings is 5. The summed E-state index contributed by atoms with van der Waals surface area (Å²) in [7, 11) is 0.